The highest BCUT2D eigenvalue weighted by Crippen LogP contribution is 2.12. The molecule has 0 heterocycles. The third kappa shape index (κ3) is 2.20. The first-order valence-corrected chi connectivity index (χ1v) is 3.84. The summed E-state index contributed by atoms with van der Waals surface area (Å²) in [6.45, 7) is 1.96. The van der Waals surface area contributed by atoms with E-state index >= 15 is 0 Å². The number of hydrogen-bond acceptors (Lipinski definition) is 2. The van der Waals surface area contributed by atoms with E-state index < -0.39 is 0 Å². The standard InChI is InChI=1S/C8H10FNS/c1-6(10-11)7-2-4-8(9)5-3-7/h2-6,10-11H,1H3/t6-/m0/s1. The van der Waals surface area contributed by atoms with E-state index in [0.29, 0.717) is 0 Å². The summed E-state index contributed by atoms with van der Waals surface area (Å²) in [5.41, 5.74) is 1.03. The average Bonchev–Trinajstić information content (AvgIpc) is 2.05. The largest absolute Gasteiger partial charge is 0.260 e. The number of nitrogens with one attached hydrogen (secondary N) is 1. The molecular weight excluding hydrogens is 161 g/mol. The molecule has 0 fully saturated rings. The Morgan fingerprint density at radius 1 is 1.36 bits per heavy atom. The third-order valence-electron chi connectivity index (χ3n) is 1.56. The van der Waals surface area contributed by atoms with Crippen molar-refractivity contribution in [3.8, 4) is 0 Å². The number of rotatable bonds is 2. The van der Waals surface area contributed by atoms with Gasteiger partial charge < -0.3 is 0 Å². The van der Waals surface area contributed by atoms with E-state index in [1.54, 1.807) is 12.1 Å². The Balaban J connectivity index is 2.81. The van der Waals surface area contributed by atoms with Gasteiger partial charge in [-0.15, -0.1) is 0 Å². The van der Waals surface area contributed by atoms with Crippen LogP contribution in [0.5, 0.6) is 0 Å². The summed E-state index contributed by atoms with van der Waals surface area (Å²) in [5, 5.41) is 0. The van der Waals surface area contributed by atoms with Crippen molar-refractivity contribution in [2.45, 2.75) is 13.0 Å². The van der Waals surface area contributed by atoms with E-state index in [-0.39, 0.29) is 11.9 Å². The van der Waals surface area contributed by atoms with Gasteiger partial charge in [0.25, 0.3) is 0 Å². The Kier molecular flexibility index (Phi) is 2.91. The second kappa shape index (κ2) is 3.74. The average molecular weight is 171 g/mol. The summed E-state index contributed by atoms with van der Waals surface area (Å²) in [6, 6.07) is 6.51. The molecule has 0 unspecified atom stereocenters. The Labute approximate surface area is 71.2 Å². The minimum atomic E-state index is -0.208. The Morgan fingerprint density at radius 2 is 1.91 bits per heavy atom. The zero-order chi connectivity index (χ0) is 8.27. The van der Waals surface area contributed by atoms with Crippen molar-refractivity contribution < 1.29 is 4.39 Å². The predicted octanol–water partition coefficient (Wildman–Crippen LogP) is 2.32. The van der Waals surface area contributed by atoms with Crippen molar-refractivity contribution >= 4 is 12.8 Å². The van der Waals surface area contributed by atoms with Gasteiger partial charge in [-0.1, -0.05) is 24.9 Å². The molecule has 0 spiro atoms. The molecule has 1 N–H and O–H groups in total. The van der Waals surface area contributed by atoms with Crippen LogP contribution in [0.4, 0.5) is 4.39 Å². The molecule has 11 heavy (non-hydrogen) atoms. The molecule has 3 heteroatoms. The lowest BCUT2D eigenvalue weighted by molar-refractivity contribution is 0.625. The molecule has 60 valence electrons. The molecule has 0 saturated heterocycles. The Hall–Kier alpha value is -0.540. The molecule has 0 aliphatic heterocycles. The first-order chi connectivity index (χ1) is 5.24. The lowest BCUT2D eigenvalue weighted by Crippen LogP contribution is -2.06. The second-order valence-corrected chi connectivity index (χ2v) is 2.66. The second-order valence-electron chi connectivity index (χ2n) is 2.40. The molecule has 0 saturated carbocycles. The molecule has 0 bridgehead atoms. The number of thiol groups is 1. The molecule has 1 rings (SSSR count). The van der Waals surface area contributed by atoms with E-state index in [9.17, 15) is 4.39 Å². The van der Waals surface area contributed by atoms with Gasteiger partial charge in [-0.2, -0.15) is 0 Å². The van der Waals surface area contributed by atoms with Crippen LogP contribution in [0.2, 0.25) is 0 Å². The monoisotopic (exact) mass is 171 g/mol. The molecule has 1 aromatic rings. The zero-order valence-electron chi connectivity index (χ0n) is 6.21. The van der Waals surface area contributed by atoms with Gasteiger partial charge in [-0.3, -0.25) is 4.72 Å². The van der Waals surface area contributed by atoms with E-state index in [1.165, 1.54) is 12.1 Å². The van der Waals surface area contributed by atoms with E-state index in [2.05, 4.69) is 17.5 Å². The van der Waals surface area contributed by atoms with Gasteiger partial charge in [0.1, 0.15) is 5.82 Å². The maximum Gasteiger partial charge on any atom is 0.123 e. The van der Waals surface area contributed by atoms with Crippen LogP contribution in [-0.2, 0) is 0 Å². The van der Waals surface area contributed by atoms with E-state index in [0.717, 1.165) is 5.56 Å². The molecule has 1 atom stereocenters. The summed E-state index contributed by atoms with van der Waals surface area (Å²) in [6.07, 6.45) is 0. The van der Waals surface area contributed by atoms with Crippen molar-refractivity contribution in [2.24, 2.45) is 0 Å². The van der Waals surface area contributed by atoms with Crippen LogP contribution < -0.4 is 4.72 Å². The topological polar surface area (TPSA) is 12.0 Å². The van der Waals surface area contributed by atoms with Crippen molar-refractivity contribution in [3.05, 3.63) is 35.6 Å². The van der Waals surface area contributed by atoms with Crippen molar-refractivity contribution in [3.63, 3.8) is 0 Å². The predicted molar refractivity (Wildman–Crippen MR) is 46.9 cm³/mol. The molecule has 0 aromatic heterocycles. The lowest BCUT2D eigenvalue weighted by Gasteiger charge is -2.08. The highest BCUT2D eigenvalue weighted by Gasteiger charge is 2.00. The van der Waals surface area contributed by atoms with Crippen LogP contribution in [-0.4, -0.2) is 0 Å². The fraction of sp³-hybridized carbons (Fsp3) is 0.250. The fourth-order valence-corrected chi connectivity index (χ4v) is 0.975. The lowest BCUT2D eigenvalue weighted by atomic mass is 10.1. The molecule has 1 nitrogen and oxygen atoms in total. The van der Waals surface area contributed by atoms with Crippen molar-refractivity contribution in [1.82, 2.24) is 4.72 Å². The number of halogens is 1. The van der Waals surface area contributed by atoms with Gasteiger partial charge >= 0.3 is 0 Å². The van der Waals surface area contributed by atoms with Gasteiger partial charge in [-0.25, -0.2) is 4.39 Å². The van der Waals surface area contributed by atoms with Crippen LogP contribution in [0.1, 0.15) is 18.5 Å². The molecule has 0 radical (unpaired) electrons. The zero-order valence-corrected chi connectivity index (χ0v) is 7.11. The quantitative estimate of drug-likeness (QED) is 0.651. The van der Waals surface area contributed by atoms with Crippen LogP contribution in [0.15, 0.2) is 24.3 Å². The fourth-order valence-electron chi connectivity index (χ4n) is 0.826. The van der Waals surface area contributed by atoms with Gasteiger partial charge in [0.15, 0.2) is 0 Å². The summed E-state index contributed by atoms with van der Waals surface area (Å²) in [4.78, 5) is 0. The van der Waals surface area contributed by atoms with E-state index in [1.807, 2.05) is 6.92 Å². The first kappa shape index (κ1) is 8.56. The summed E-state index contributed by atoms with van der Waals surface area (Å²) >= 11 is 3.91. The highest BCUT2D eigenvalue weighted by atomic mass is 32.1. The van der Waals surface area contributed by atoms with Gasteiger partial charge in [0.05, 0.1) is 0 Å². The van der Waals surface area contributed by atoms with Crippen LogP contribution in [0.25, 0.3) is 0 Å². The minimum absolute atomic E-state index is 0.152. The molecule has 0 aliphatic carbocycles. The third-order valence-corrected chi connectivity index (χ3v) is 1.95. The SMILES string of the molecule is C[C@H](NS)c1ccc(F)cc1. The van der Waals surface area contributed by atoms with Crippen LogP contribution in [0, 0.1) is 5.82 Å². The molecule has 0 aliphatic rings. The summed E-state index contributed by atoms with van der Waals surface area (Å²) in [5.74, 6) is -0.208. The van der Waals surface area contributed by atoms with Crippen LogP contribution >= 0.6 is 12.8 Å². The van der Waals surface area contributed by atoms with Crippen molar-refractivity contribution in [1.29, 1.82) is 0 Å². The Morgan fingerprint density at radius 3 is 2.36 bits per heavy atom. The maximum absolute atomic E-state index is 12.4. The molecule has 0 amide bonds. The Bertz CT molecular complexity index is 222. The van der Waals surface area contributed by atoms with E-state index in [4.69, 9.17) is 0 Å². The number of hydrogen-bond donors (Lipinski definition) is 2. The summed E-state index contributed by atoms with van der Waals surface area (Å²) < 4.78 is 15.2. The minimum Gasteiger partial charge on any atom is -0.260 e. The van der Waals surface area contributed by atoms with Gasteiger partial charge in [-0.05, 0) is 24.6 Å². The number of benzene rings is 1. The van der Waals surface area contributed by atoms with Crippen LogP contribution in [0.3, 0.4) is 0 Å². The van der Waals surface area contributed by atoms with Gasteiger partial charge in [0.2, 0.25) is 0 Å². The molecular formula is C8H10FNS. The first-order valence-electron chi connectivity index (χ1n) is 3.39. The smallest absolute Gasteiger partial charge is 0.123 e. The highest BCUT2D eigenvalue weighted by molar-refractivity contribution is 7.78. The van der Waals surface area contributed by atoms with Gasteiger partial charge in [0, 0.05) is 6.04 Å². The molecule has 1 aromatic carbocycles. The van der Waals surface area contributed by atoms with Crippen molar-refractivity contribution in [2.75, 3.05) is 0 Å². The summed E-state index contributed by atoms with van der Waals surface area (Å²) in [7, 11) is 0. The maximum atomic E-state index is 12.4. The normalized spacial score (nSPS) is 13.0.